The molecule has 4 nitrogen and oxygen atoms in total. The lowest BCUT2D eigenvalue weighted by atomic mass is 10.1. The minimum atomic E-state index is -1.03. The van der Waals surface area contributed by atoms with E-state index >= 15 is 0 Å². The van der Waals surface area contributed by atoms with Crippen molar-refractivity contribution in [3.63, 3.8) is 0 Å². The molecule has 1 heterocycles. The molecule has 20 heavy (non-hydrogen) atoms. The lowest BCUT2D eigenvalue weighted by Crippen LogP contribution is -2.40. The van der Waals surface area contributed by atoms with Gasteiger partial charge in [0.25, 0.3) is 0 Å². The average molecular weight is 284 g/mol. The highest BCUT2D eigenvalue weighted by Gasteiger charge is 2.44. The van der Waals surface area contributed by atoms with Gasteiger partial charge in [-0.05, 0) is 38.5 Å². The van der Waals surface area contributed by atoms with Gasteiger partial charge in [0.1, 0.15) is 6.17 Å². The van der Waals surface area contributed by atoms with E-state index in [1.165, 1.54) is 13.2 Å². The maximum absolute atomic E-state index is 13.6. The number of amides is 1. The monoisotopic (exact) mass is 284 g/mol. The highest BCUT2D eigenvalue weighted by atomic mass is 19.2. The van der Waals surface area contributed by atoms with Gasteiger partial charge in [-0.25, -0.2) is 4.39 Å². The number of hydrogen-bond acceptors (Lipinski definition) is 3. The summed E-state index contributed by atoms with van der Waals surface area (Å²) >= 11 is 0. The van der Waals surface area contributed by atoms with Gasteiger partial charge < -0.3 is 9.64 Å². The van der Waals surface area contributed by atoms with Crippen LogP contribution in [0.2, 0.25) is 0 Å². The molecule has 1 atom stereocenters. The summed E-state index contributed by atoms with van der Waals surface area (Å²) in [7, 11) is 1.27. The van der Waals surface area contributed by atoms with E-state index in [4.69, 9.17) is 4.74 Å². The van der Waals surface area contributed by atoms with Crippen LogP contribution in [0.25, 0.3) is 0 Å². The van der Waals surface area contributed by atoms with Crippen molar-refractivity contribution >= 4 is 5.91 Å². The molecule has 1 N–H and O–H groups in total. The van der Waals surface area contributed by atoms with Crippen molar-refractivity contribution in [2.24, 2.45) is 0 Å². The Morgan fingerprint density at radius 3 is 2.60 bits per heavy atom. The fourth-order valence-electron chi connectivity index (χ4n) is 2.44. The first-order valence-corrected chi connectivity index (χ1v) is 6.43. The Hall–Kier alpha value is -1.69. The van der Waals surface area contributed by atoms with Crippen LogP contribution in [0.15, 0.2) is 12.1 Å². The standard InChI is InChI=1S/C14H18F2N2O2/c1-5-18-12(17-14(2,3)13(18)19)8-6-9(15)11(16)10(7-8)20-4/h6-7,12,17H,5H2,1-4H3. The quantitative estimate of drug-likeness (QED) is 0.925. The highest BCUT2D eigenvalue weighted by molar-refractivity contribution is 5.88. The molecule has 0 aliphatic carbocycles. The van der Waals surface area contributed by atoms with Gasteiger partial charge in [0.2, 0.25) is 11.7 Å². The number of nitrogens with one attached hydrogen (secondary N) is 1. The summed E-state index contributed by atoms with van der Waals surface area (Å²) in [6.07, 6.45) is -0.494. The van der Waals surface area contributed by atoms with Crippen molar-refractivity contribution in [2.75, 3.05) is 13.7 Å². The SMILES string of the molecule is CCN1C(=O)C(C)(C)NC1c1cc(F)c(F)c(OC)c1. The number of carbonyl (C=O) groups is 1. The van der Waals surface area contributed by atoms with Crippen LogP contribution < -0.4 is 10.1 Å². The number of likely N-dealkylation sites (N-methyl/N-ethyl adjacent to an activating group) is 1. The first kappa shape index (κ1) is 14.7. The van der Waals surface area contributed by atoms with E-state index in [1.54, 1.807) is 18.7 Å². The van der Waals surface area contributed by atoms with Gasteiger partial charge in [-0.3, -0.25) is 10.1 Å². The third-order valence-corrected chi connectivity index (χ3v) is 3.50. The molecule has 0 aromatic heterocycles. The van der Waals surface area contributed by atoms with Gasteiger partial charge in [0, 0.05) is 6.54 Å². The smallest absolute Gasteiger partial charge is 0.243 e. The second-order valence-corrected chi connectivity index (χ2v) is 5.28. The molecule has 0 bridgehead atoms. The molecule has 0 radical (unpaired) electrons. The van der Waals surface area contributed by atoms with Crippen LogP contribution in [-0.2, 0) is 4.79 Å². The zero-order chi connectivity index (χ0) is 15.1. The van der Waals surface area contributed by atoms with Crippen LogP contribution >= 0.6 is 0 Å². The minimum absolute atomic E-state index is 0.0753. The number of benzene rings is 1. The Morgan fingerprint density at radius 1 is 1.40 bits per heavy atom. The molecular formula is C14H18F2N2O2. The first-order valence-electron chi connectivity index (χ1n) is 6.43. The predicted octanol–water partition coefficient (Wildman–Crippen LogP) is 2.20. The van der Waals surface area contributed by atoms with Crippen LogP contribution in [0, 0.1) is 11.6 Å². The fourth-order valence-corrected chi connectivity index (χ4v) is 2.44. The summed E-state index contributed by atoms with van der Waals surface area (Å²) < 4.78 is 31.9. The molecule has 1 aromatic rings. The third kappa shape index (κ3) is 2.24. The van der Waals surface area contributed by atoms with Crippen molar-refractivity contribution in [3.05, 3.63) is 29.3 Å². The second-order valence-electron chi connectivity index (χ2n) is 5.28. The Morgan fingerprint density at radius 2 is 2.05 bits per heavy atom. The van der Waals surface area contributed by atoms with E-state index in [2.05, 4.69) is 5.32 Å². The highest BCUT2D eigenvalue weighted by Crippen LogP contribution is 2.33. The summed E-state index contributed by atoms with van der Waals surface area (Å²) in [5.41, 5.74) is -0.278. The molecular weight excluding hydrogens is 266 g/mol. The summed E-state index contributed by atoms with van der Waals surface area (Å²) in [4.78, 5) is 13.8. The fraction of sp³-hybridized carbons (Fsp3) is 0.500. The number of hydrogen-bond donors (Lipinski definition) is 1. The molecule has 1 aromatic carbocycles. The third-order valence-electron chi connectivity index (χ3n) is 3.50. The first-order chi connectivity index (χ1) is 9.31. The molecule has 110 valence electrons. The van der Waals surface area contributed by atoms with Crippen molar-refractivity contribution in [3.8, 4) is 5.75 Å². The molecule has 1 saturated heterocycles. The van der Waals surface area contributed by atoms with Gasteiger partial charge in [0.05, 0.1) is 12.6 Å². The Labute approximate surface area is 116 Å². The van der Waals surface area contributed by atoms with E-state index < -0.39 is 23.3 Å². The summed E-state index contributed by atoms with van der Waals surface area (Å²) in [6.45, 7) is 5.83. The Bertz CT molecular complexity index is 546. The van der Waals surface area contributed by atoms with Crippen molar-refractivity contribution in [2.45, 2.75) is 32.5 Å². The van der Waals surface area contributed by atoms with E-state index in [1.807, 2.05) is 6.92 Å². The molecule has 1 amide bonds. The molecule has 1 fully saturated rings. The van der Waals surface area contributed by atoms with Crippen molar-refractivity contribution in [1.82, 2.24) is 10.2 Å². The van der Waals surface area contributed by atoms with E-state index in [0.29, 0.717) is 12.1 Å². The molecule has 1 aliphatic rings. The molecule has 1 aliphatic heterocycles. The molecule has 2 rings (SSSR count). The number of ether oxygens (including phenoxy) is 1. The second kappa shape index (κ2) is 5.01. The summed E-state index contributed by atoms with van der Waals surface area (Å²) in [5, 5.41) is 3.13. The van der Waals surface area contributed by atoms with E-state index in [9.17, 15) is 13.6 Å². The van der Waals surface area contributed by atoms with Crippen LogP contribution in [0.1, 0.15) is 32.5 Å². The average Bonchev–Trinajstić information content (AvgIpc) is 2.63. The maximum atomic E-state index is 13.6. The number of halogens is 2. The van der Waals surface area contributed by atoms with E-state index in [0.717, 1.165) is 6.07 Å². The van der Waals surface area contributed by atoms with Crippen LogP contribution in [0.4, 0.5) is 8.78 Å². The lowest BCUT2D eigenvalue weighted by Gasteiger charge is -2.23. The number of methoxy groups -OCH3 is 1. The van der Waals surface area contributed by atoms with Gasteiger partial charge in [-0.1, -0.05) is 0 Å². The maximum Gasteiger partial charge on any atom is 0.243 e. The summed E-state index contributed by atoms with van der Waals surface area (Å²) in [6, 6.07) is 2.50. The van der Waals surface area contributed by atoms with Crippen molar-refractivity contribution in [1.29, 1.82) is 0 Å². The van der Waals surface area contributed by atoms with Crippen molar-refractivity contribution < 1.29 is 18.3 Å². The van der Waals surface area contributed by atoms with Gasteiger partial charge in [-0.2, -0.15) is 4.39 Å². The zero-order valence-corrected chi connectivity index (χ0v) is 12.0. The largest absolute Gasteiger partial charge is 0.494 e. The Kier molecular flexibility index (Phi) is 3.69. The molecule has 1 unspecified atom stereocenters. The van der Waals surface area contributed by atoms with Gasteiger partial charge in [-0.15, -0.1) is 0 Å². The van der Waals surface area contributed by atoms with Gasteiger partial charge in [0.15, 0.2) is 11.6 Å². The van der Waals surface area contributed by atoms with Crippen LogP contribution in [0.3, 0.4) is 0 Å². The number of rotatable bonds is 3. The summed E-state index contributed by atoms with van der Waals surface area (Å²) in [5.74, 6) is -2.26. The molecule has 0 saturated carbocycles. The van der Waals surface area contributed by atoms with Crippen LogP contribution in [-0.4, -0.2) is 30.0 Å². The molecule has 0 spiro atoms. The number of nitrogens with zero attached hydrogens (tertiary/aromatic N) is 1. The Balaban J connectivity index is 2.46. The van der Waals surface area contributed by atoms with E-state index in [-0.39, 0.29) is 11.7 Å². The number of carbonyl (C=O) groups excluding carboxylic acids is 1. The topological polar surface area (TPSA) is 41.6 Å². The lowest BCUT2D eigenvalue weighted by molar-refractivity contribution is -0.132. The predicted molar refractivity (Wildman–Crippen MR) is 70.3 cm³/mol. The molecule has 6 heteroatoms. The van der Waals surface area contributed by atoms with Crippen LogP contribution in [0.5, 0.6) is 5.75 Å². The minimum Gasteiger partial charge on any atom is -0.494 e. The zero-order valence-electron chi connectivity index (χ0n) is 12.0. The normalized spacial score (nSPS) is 21.4. The van der Waals surface area contributed by atoms with Gasteiger partial charge >= 0.3 is 0 Å².